The second kappa shape index (κ2) is 7.27. The summed E-state index contributed by atoms with van der Waals surface area (Å²) in [7, 11) is 0. The summed E-state index contributed by atoms with van der Waals surface area (Å²) in [5.41, 5.74) is 1.12. The molecule has 0 saturated carbocycles. The van der Waals surface area contributed by atoms with E-state index < -0.39 is 0 Å². The standard InChI is InChI=1S/C12H18BrN3O/c1-3-5-15-12(17)4-6-14-11-7-9(2)10(13)8-16-11/h7-8H,3-6H2,1-2H3,(H,14,16)(H,15,17). The first-order valence-corrected chi connectivity index (χ1v) is 6.55. The van der Waals surface area contributed by atoms with Crippen LogP contribution >= 0.6 is 15.9 Å². The molecule has 0 saturated heterocycles. The zero-order valence-electron chi connectivity index (χ0n) is 10.2. The van der Waals surface area contributed by atoms with E-state index in [0.29, 0.717) is 13.0 Å². The van der Waals surface area contributed by atoms with Gasteiger partial charge in [-0.15, -0.1) is 0 Å². The van der Waals surface area contributed by atoms with Gasteiger partial charge in [0.2, 0.25) is 5.91 Å². The molecule has 0 aliphatic heterocycles. The van der Waals surface area contributed by atoms with Crippen LogP contribution in [-0.2, 0) is 4.79 Å². The van der Waals surface area contributed by atoms with Gasteiger partial charge in [-0.05, 0) is 40.9 Å². The van der Waals surface area contributed by atoms with Crippen LogP contribution in [0.2, 0.25) is 0 Å². The Morgan fingerprint density at radius 2 is 2.24 bits per heavy atom. The van der Waals surface area contributed by atoms with Crippen LogP contribution < -0.4 is 10.6 Å². The van der Waals surface area contributed by atoms with Crippen LogP contribution in [0.1, 0.15) is 25.3 Å². The smallest absolute Gasteiger partial charge is 0.221 e. The molecule has 4 nitrogen and oxygen atoms in total. The normalized spacial score (nSPS) is 10.1. The zero-order chi connectivity index (χ0) is 12.7. The minimum Gasteiger partial charge on any atom is -0.370 e. The van der Waals surface area contributed by atoms with Gasteiger partial charge in [-0.1, -0.05) is 6.92 Å². The van der Waals surface area contributed by atoms with Gasteiger partial charge in [0, 0.05) is 30.2 Å². The van der Waals surface area contributed by atoms with Crippen molar-refractivity contribution in [1.82, 2.24) is 10.3 Å². The molecule has 0 atom stereocenters. The summed E-state index contributed by atoms with van der Waals surface area (Å²) < 4.78 is 0.990. The molecule has 0 unspecified atom stereocenters. The quantitative estimate of drug-likeness (QED) is 0.848. The minimum absolute atomic E-state index is 0.0770. The Labute approximate surface area is 110 Å². The van der Waals surface area contributed by atoms with Crippen LogP contribution in [0.3, 0.4) is 0 Å². The van der Waals surface area contributed by atoms with E-state index in [0.717, 1.165) is 28.8 Å². The summed E-state index contributed by atoms with van der Waals surface area (Å²) in [6, 6.07) is 1.95. The van der Waals surface area contributed by atoms with E-state index in [9.17, 15) is 4.79 Å². The average Bonchev–Trinajstić information content (AvgIpc) is 2.31. The van der Waals surface area contributed by atoms with E-state index in [1.54, 1.807) is 6.20 Å². The van der Waals surface area contributed by atoms with Crippen molar-refractivity contribution in [2.24, 2.45) is 0 Å². The number of carbonyl (C=O) groups is 1. The number of anilines is 1. The molecule has 0 aliphatic rings. The van der Waals surface area contributed by atoms with E-state index in [2.05, 4.69) is 31.5 Å². The largest absolute Gasteiger partial charge is 0.370 e. The van der Waals surface area contributed by atoms with Gasteiger partial charge < -0.3 is 10.6 Å². The highest BCUT2D eigenvalue weighted by Gasteiger charge is 2.01. The van der Waals surface area contributed by atoms with E-state index in [4.69, 9.17) is 0 Å². The van der Waals surface area contributed by atoms with E-state index in [-0.39, 0.29) is 5.91 Å². The molecule has 1 aromatic rings. The maximum absolute atomic E-state index is 11.3. The highest BCUT2D eigenvalue weighted by Crippen LogP contribution is 2.16. The zero-order valence-corrected chi connectivity index (χ0v) is 11.8. The Hall–Kier alpha value is -1.10. The SMILES string of the molecule is CCCNC(=O)CCNc1cc(C)c(Br)cn1. The monoisotopic (exact) mass is 299 g/mol. The molecule has 1 aromatic heterocycles. The molecule has 0 fully saturated rings. The van der Waals surface area contributed by atoms with Gasteiger partial charge in [0.05, 0.1) is 0 Å². The maximum atomic E-state index is 11.3. The second-order valence-electron chi connectivity index (χ2n) is 3.85. The average molecular weight is 300 g/mol. The third kappa shape index (κ3) is 5.17. The highest BCUT2D eigenvalue weighted by molar-refractivity contribution is 9.10. The summed E-state index contributed by atoms with van der Waals surface area (Å²) in [5, 5.41) is 5.96. The molecule has 17 heavy (non-hydrogen) atoms. The van der Waals surface area contributed by atoms with Gasteiger partial charge in [0.25, 0.3) is 0 Å². The lowest BCUT2D eigenvalue weighted by Gasteiger charge is -2.07. The van der Waals surface area contributed by atoms with E-state index in [1.807, 2.05) is 19.9 Å². The molecular weight excluding hydrogens is 282 g/mol. The van der Waals surface area contributed by atoms with Crippen LogP contribution in [-0.4, -0.2) is 24.0 Å². The number of nitrogens with one attached hydrogen (secondary N) is 2. The molecule has 0 radical (unpaired) electrons. The maximum Gasteiger partial charge on any atom is 0.221 e. The molecule has 1 amide bonds. The van der Waals surface area contributed by atoms with Crippen LogP contribution in [0.15, 0.2) is 16.7 Å². The molecule has 1 heterocycles. The summed E-state index contributed by atoms with van der Waals surface area (Å²) in [6.45, 7) is 5.38. The molecule has 94 valence electrons. The van der Waals surface area contributed by atoms with Crippen LogP contribution in [0, 0.1) is 6.92 Å². The van der Waals surface area contributed by atoms with Gasteiger partial charge >= 0.3 is 0 Å². The van der Waals surface area contributed by atoms with E-state index in [1.165, 1.54) is 0 Å². The van der Waals surface area contributed by atoms with Gasteiger partial charge in [-0.25, -0.2) is 4.98 Å². The summed E-state index contributed by atoms with van der Waals surface area (Å²) in [5.74, 6) is 0.877. The molecular formula is C12H18BrN3O. The Bertz CT molecular complexity index is 382. The number of pyridine rings is 1. The first kappa shape index (κ1) is 14.0. The fourth-order valence-corrected chi connectivity index (χ4v) is 1.51. The Balaban J connectivity index is 2.30. The lowest BCUT2D eigenvalue weighted by Crippen LogP contribution is -2.25. The number of aromatic nitrogens is 1. The first-order valence-electron chi connectivity index (χ1n) is 5.76. The molecule has 0 spiro atoms. The Morgan fingerprint density at radius 3 is 2.88 bits per heavy atom. The molecule has 2 N–H and O–H groups in total. The lowest BCUT2D eigenvalue weighted by molar-refractivity contribution is -0.120. The Kier molecular flexibility index (Phi) is 5.97. The number of aryl methyl sites for hydroxylation is 1. The molecule has 1 rings (SSSR count). The number of rotatable bonds is 6. The summed E-state index contributed by atoms with van der Waals surface area (Å²) in [6.07, 6.45) is 3.19. The number of hydrogen-bond acceptors (Lipinski definition) is 3. The van der Waals surface area contributed by atoms with Gasteiger partial charge in [0.1, 0.15) is 5.82 Å². The summed E-state index contributed by atoms with van der Waals surface area (Å²) >= 11 is 3.39. The van der Waals surface area contributed by atoms with Gasteiger partial charge in [-0.3, -0.25) is 4.79 Å². The number of nitrogens with zero attached hydrogens (tertiary/aromatic N) is 1. The lowest BCUT2D eigenvalue weighted by atomic mass is 10.3. The molecule has 0 aliphatic carbocycles. The van der Waals surface area contributed by atoms with Crippen molar-refractivity contribution in [3.05, 3.63) is 22.3 Å². The van der Waals surface area contributed by atoms with Crippen LogP contribution in [0.5, 0.6) is 0 Å². The number of amides is 1. The van der Waals surface area contributed by atoms with Crippen molar-refractivity contribution in [3.63, 3.8) is 0 Å². The molecule has 0 aromatic carbocycles. The first-order chi connectivity index (χ1) is 8.13. The van der Waals surface area contributed by atoms with Crippen molar-refractivity contribution in [1.29, 1.82) is 0 Å². The predicted molar refractivity (Wildman–Crippen MR) is 73.1 cm³/mol. The number of carbonyl (C=O) groups excluding carboxylic acids is 1. The van der Waals surface area contributed by atoms with Crippen molar-refractivity contribution in [2.75, 3.05) is 18.4 Å². The summed E-state index contributed by atoms with van der Waals surface area (Å²) in [4.78, 5) is 15.5. The van der Waals surface area contributed by atoms with Crippen molar-refractivity contribution in [3.8, 4) is 0 Å². The van der Waals surface area contributed by atoms with Gasteiger partial charge in [-0.2, -0.15) is 0 Å². The van der Waals surface area contributed by atoms with Crippen LogP contribution in [0.25, 0.3) is 0 Å². The molecule has 5 heteroatoms. The highest BCUT2D eigenvalue weighted by atomic mass is 79.9. The fourth-order valence-electron chi connectivity index (χ4n) is 1.29. The third-order valence-electron chi connectivity index (χ3n) is 2.28. The number of hydrogen-bond donors (Lipinski definition) is 2. The topological polar surface area (TPSA) is 54.0 Å². The number of halogens is 1. The molecule has 0 bridgehead atoms. The Morgan fingerprint density at radius 1 is 1.47 bits per heavy atom. The minimum atomic E-state index is 0.0770. The van der Waals surface area contributed by atoms with Crippen LogP contribution in [0.4, 0.5) is 5.82 Å². The van der Waals surface area contributed by atoms with Crippen molar-refractivity contribution < 1.29 is 4.79 Å². The van der Waals surface area contributed by atoms with Crippen molar-refractivity contribution >= 4 is 27.7 Å². The van der Waals surface area contributed by atoms with E-state index >= 15 is 0 Å². The second-order valence-corrected chi connectivity index (χ2v) is 4.70. The predicted octanol–water partition coefficient (Wildman–Crippen LogP) is 2.48. The van der Waals surface area contributed by atoms with Gasteiger partial charge in [0.15, 0.2) is 0 Å². The van der Waals surface area contributed by atoms with Crippen molar-refractivity contribution in [2.45, 2.75) is 26.7 Å². The fraction of sp³-hybridized carbons (Fsp3) is 0.500. The third-order valence-corrected chi connectivity index (χ3v) is 3.11.